The third-order valence-corrected chi connectivity index (χ3v) is 4.45. The molecule has 1 N–H and O–H groups in total. The van der Waals surface area contributed by atoms with Gasteiger partial charge in [-0.3, -0.25) is 14.2 Å². The topological polar surface area (TPSA) is 82.5 Å². The molecule has 156 valence electrons. The van der Waals surface area contributed by atoms with Gasteiger partial charge in [0.15, 0.2) is 6.61 Å². The quantitative estimate of drug-likeness (QED) is 0.567. The highest BCUT2D eigenvalue weighted by Gasteiger charge is 2.06. The number of carbonyl (C=O) groups excluding carboxylic acids is 1. The van der Waals surface area contributed by atoms with Crippen LogP contribution < -0.4 is 20.3 Å². The first-order chi connectivity index (χ1) is 14.5. The van der Waals surface area contributed by atoms with Crippen LogP contribution in [0.3, 0.4) is 0 Å². The van der Waals surface area contributed by atoms with E-state index in [-0.39, 0.29) is 24.6 Å². The number of hydrogen-bond donors (Lipinski definition) is 1. The number of hydrogen-bond acceptors (Lipinski definition) is 5. The maximum atomic E-state index is 12.3. The fourth-order valence-electron chi connectivity index (χ4n) is 2.69. The van der Waals surface area contributed by atoms with Crippen LogP contribution in [0.2, 0.25) is 5.02 Å². The van der Waals surface area contributed by atoms with Gasteiger partial charge < -0.3 is 14.8 Å². The van der Waals surface area contributed by atoms with Crippen LogP contribution in [0.1, 0.15) is 6.92 Å². The number of halogens is 1. The lowest BCUT2D eigenvalue weighted by Gasteiger charge is -2.09. The Kier molecular flexibility index (Phi) is 7.45. The largest absolute Gasteiger partial charge is 0.494 e. The zero-order valence-corrected chi connectivity index (χ0v) is 17.3. The van der Waals surface area contributed by atoms with Gasteiger partial charge in [0.1, 0.15) is 11.5 Å². The minimum Gasteiger partial charge on any atom is -0.494 e. The minimum atomic E-state index is -0.281. The second-order valence-electron chi connectivity index (χ2n) is 6.36. The van der Waals surface area contributed by atoms with E-state index >= 15 is 0 Å². The van der Waals surface area contributed by atoms with Crippen LogP contribution in [-0.2, 0) is 11.3 Å². The molecule has 30 heavy (non-hydrogen) atoms. The lowest BCUT2D eigenvalue weighted by Crippen LogP contribution is -2.33. The summed E-state index contributed by atoms with van der Waals surface area (Å²) in [4.78, 5) is 28.6. The average molecular weight is 428 g/mol. The monoisotopic (exact) mass is 427 g/mol. The predicted octanol–water partition coefficient (Wildman–Crippen LogP) is 3.16. The fraction of sp³-hybridized carbons (Fsp3) is 0.227. The highest BCUT2D eigenvalue weighted by Crippen LogP contribution is 2.19. The number of nitrogens with one attached hydrogen (secondary N) is 1. The molecule has 7 nitrogen and oxygen atoms in total. The summed E-state index contributed by atoms with van der Waals surface area (Å²) in [7, 11) is 0. The third kappa shape index (κ3) is 6.09. The molecule has 8 heteroatoms. The zero-order chi connectivity index (χ0) is 21.3. The van der Waals surface area contributed by atoms with E-state index in [1.807, 2.05) is 31.2 Å². The first kappa shape index (κ1) is 21.4. The second-order valence-corrected chi connectivity index (χ2v) is 6.79. The Labute approximate surface area is 179 Å². The van der Waals surface area contributed by atoms with Crippen LogP contribution >= 0.6 is 11.6 Å². The number of ether oxygens (including phenoxy) is 2. The smallest absolute Gasteiger partial charge is 0.258 e. The van der Waals surface area contributed by atoms with E-state index in [4.69, 9.17) is 21.1 Å². The van der Waals surface area contributed by atoms with Crippen molar-refractivity contribution in [2.45, 2.75) is 13.5 Å². The molecule has 3 rings (SSSR count). The molecule has 0 spiro atoms. The van der Waals surface area contributed by atoms with Crippen molar-refractivity contribution < 1.29 is 14.3 Å². The molecule has 0 atom stereocenters. The summed E-state index contributed by atoms with van der Waals surface area (Å²) >= 11 is 5.80. The minimum absolute atomic E-state index is 0.120. The van der Waals surface area contributed by atoms with Crippen LogP contribution in [-0.4, -0.2) is 35.2 Å². The molecule has 0 radical (unpaired) electrons. The third-order valence-electron chi connectivity index (χ3n) is 4.20. The van der Waals surface area contributed by atoms with Crippen molar-refractivity contribution in [3.8, 4) is 22.8 Å². The second kappa shape index (κ2) is 10.5. The molecule has 0 saturated heterocycles. The number of carbonyl (C=O) groups is 1. The molecule has 0 fully saturated rings. The van der Waals surface area contributed by atoms with Gasteiger partial charge in [-0.2, -0.15) is 0 Å². The predicted molar refractivity (Wildman–Crippen MR) is 115 cm³/mol. The molecule has 1 heterocycles. The van der Waals surface area contributed by atoms with Crippen LogP contribution in [0.5, 0.6) is 11.5 Å². The lowest BCUT2D eigenvalue weighted by molar-refractivity contribution is -0.123. The van der Waals surface area contributed by atoms with Crippen LogP contribution in [0.4, 0.5) is 0 Å². The van der Waals surface area contributed by atoms with Crippen molar-refractivity contribution in [2.24, 2.45) is 0 Å². The molecular weight excluding hydrogens is 406 g/mol. The van der Waals surface area contributed by atoms with E-state index in [1.165, 1.54) is 17.0 Å². The number of amides is 1. The molecular formula is C22H22ClN3O4. The number of rotatable bonds is 9. The Morgan fingerprint density at radius 2 is 1.73 bits per heavy atom. The summed E-state index contributed by atoms with van der Waals surface area (Å²) in [5.74, 6) is 1.04. The summed E-state index contributed by atoms with van der Waals surface area (Å²) in [5, 5.41) is 3.31. The first-order valence-corrected chi connectivity index (χ1v) is 9.87. The average Bonchev–Trinajstić information content (AvgIpc) is 2.75. The maximum absolute atomic E-state index is 12.3. The first-order valence-electron chi connectivity index (χ1n) is 9.50. The Bertz CT molecular complexity index is 1030. The van der Waals surface area contributed by atoms with Gasteiger partial charge in [0, 0.05) is 29.7 Å². The molecule has 1 aromatic heterocycles. The lowest BCUT2D eigenvalue weighted by atomic mass is 10.1. The standard InChI is InChI=1S/C22H22ClN3O4/c1-2-29-18-7-3-16(4-8-18)20-13-22(28)26(15-25-20)12-11-24-21(27)14-30-19-9-5-17(23)6-10-19/h3-10,13,15H,2,11-12,14H2,1H3,(H,24,27). The number of aromatic nitrogens is 2. The van der Waals surface area contributed by atoms with Crippen LogP contribution in [0.15, 0.2) is 65.7 Å². The number of nitrogens with zero attached hydrogens (tertiary/aromatic N) is 2. The van der Waals surface area contributed by atoms with Crippen molar-refractivity contribution in [3.05, 3.63) is 76.3 Å². The normalized spacial score (nSPS) is 10.5. The molecule has 0 saturated carbocycles. The molecule has 3 aromatic rings. The summed E-state index contributed by atoms with van der Waals surface area (Å²) in [5.41, 5.74) is 1.22. The van der Waals surface area contributed by atoms with Gasteiger partial charge in [-0.15, -0.1) is 0 Å². The Morgan fingerprint density at radius 1 is 1.07 bits per heavy atom. The van der Waals surface area contributed by atoms with Gasteiger partial charge in [-0.1, -0.05) is 11.6 Å². The van der Waals surface area contributed by atoms with Crippen molar-refractivity contribution in [2.75, 3.05) is 19.8 Å². The highest BCUT2D eigenvalue weighted by molar-refractivity contribution is 6.30. The van der Waals surface area contributed by atoms with Crippen LogP contribution in [0.25, 0.3) is 11.3 Å². The van der Waals surface area contributed by atoms with E-state index in [9.17, 15) is 9.59 Å². The fourth-order valence-corrected chi connectivity index (χ4v) is 2.81. The number of benzene rings is 2. The van der Waals surface area contributed by atoms with E-state index in [0.717, 1.165) is 11.3 Å². The zero-order valence-electron chi connectivity index (χ0n) is 16.5. The van der Waals surface area contributed by atoms with Gasteiger partial charge in [0.05, 0.1) is 18.6 Å². The van der Waals surface area contributed by atoms with Gasteiger partial charge in [-0.05, 0) is 55.5 Å². The molecule has 0 aliphatic carbocycles. The van der Waals surface area contributed by atoms with Crippen molar-refractivity contribution in [1.82, 2.24) is 14.9 Å². The Hall–Kier alpha value is -3.32. The van der Waals surface area contributed by atoms with Crippen molar-refractivity contribution in [1.29, 1.82) is 0 Å². The molecule has 0 aliphatic heterocycles. The van der Waals surface area contributed by atoms with E-state index in [1.54, 1.807) is 24.3 Å². The molecule has 0 bridgehead atoms. The molecule has 2 aromatic carbocycles. The SMILES string of the molecule is CCOc1ccc(-c2cc(=O)n(CCNC(=O)COc3ccc(Cl)cc3)cn2)cc1. The van der Waals surface area contributed by atoms with Gasteiger partial charge in [0.25, 0.3) is 11.5 Å². The van der Waals surface area contributed by atoms with E-state index in [2.05, 4.69) is 10.3 Å². The Balaban J connectivity index is 1.49. The molecule has 1 amide bonds. The van der Waals surface area contributed by atoms with E-state index in [0.29, 0.717) is 29.6 Å². The summed E-state index contributed by atoms with van der Waals surface area (Å²) in [6, 6.07) is 15.6. The van der Waals surface area contributed by atoms with Crippen LogP contribution in [0, 0.1) is 0 Å². The maximum Gasteiger partial charge on any atom is 0.258 e. The van der Waals surface area contributed by atoms with Crippen molar-refractivity contribution >= 4 is 17.5 Å². The van der Waals surface area contributed by atoms with Gasteiger partial charge in [0.2, 0.25) is 0 Å². The van der Waals surface area contributed by atoms with E-state index < -0.39 is 0 Å². The summed E-state index contributed by atoms with van der Waals surface area (Å²) < 4.78 is 12.2. The van der Waals surface area contributed by atoms with Gasteiger partial charge in [-0.25, -0.2) is 4.98 Å². The molecule has 0 aliphatic rings. The Morgan fingerprint density at radius 3 is 2.40 bits per heavy atom. The van der Waals surface area contributed by atoms with Crippen molar-refractivity contribution in [3.63, 3.8) is 0 Å². The summed E-state index contributed by atoms with van der Waals surface area (Å²) in [6.07, 6.45) is 1.48. The molecule has 0 unspecified atom stereocenters. The summed E-state index contributed by atoms with van der Waals surface area (Å²) in [6.45, 7) is 2.99. The highest BCUT2D eigenvalue weighted by atomic mass is 35.5. The van der Waals surface area contributed by atoms with Gasteiger partial charge >= 0.3 is 0 Å².